The number of aryl methyl sites for hydroxylation is 1. The molecule has 2 atom stereocenters. The molecule has 1 aromatic heterocycles. The molecule has 3 heteroatoms. The molecule has 0 spiro atoms. The first-order chi connectivity index (χ1) is 8.74. The molecule has 0 amide bonds. The average molecular weight is 250 g/mol. The van der Waals surface area contributed by atoms with Crippen LogP contribution in [0.5, 0.6) is 0 Å². The number of hydrogen-bond donors (Lipinski definition) is 1. The van der Waals surface area contributed by atoms with Gasteiger partial charge in [-0.15, -0.1) is 0 Å². The van der Waals surface area contributed by atoms with Gasteiger partial charge in [0.1, 0.15) is 5.76 Å². The highest BCUT2D eigenvalue weighted by Crippen LogP contribution is 2.30. The second-order valence-electron chi connectivity index (χ2n) is 5.30. The Bertz CT molecular complexity index is 357. The number of hydrogen-bond acceptors (Lipinski definition) is 3. The monoisotopic (exact) mass is 250 g/mol. The summed E-state index contributed by atoms with van der Waals surface area (Å²) in [7, 11) is 0. The standard InChI is InChI=1S/C15H26N2O/c1-4-17(5-2)11-12(3)16-14-7-6-8-15-13(14)9-10-18-15/h9-10,12,14,16H,4-8,11H2,1-3H3. The fourth-order valence-electron chi connectivity index (χ4n) is 2.92. The van der Waals surface area contributed by atoms with Crippen molar-refractivity contribution in [2.75, 3.05) is 19.6 Å². The third kappa shape index (κ3) is 3.15. The Hall–Kier alpha value is -0.800. The minimum Gasteiger partial charge on any atom is -0.469 e. The highest BCUT2D eigenvalue weighted by atomic mass is 16.3. The fraction of sp³-hybridized carbons (Fsp3) is 0.733. The van der Waals surface area contributed by atoms with Crippen molar-refractivity contribution in [3.05, 3.63) is 23.7 Å². The van der Waals surface area contributed by atoms with E-state index in [0.29, 0.717) is 12.1 Å². The van der Waals surface area contributed by atoms with Gasteiger partial charge in [-0.2, -0.15) is 0 Å². The van der Waals surface area contributed by atoms with E-state index in [9.17, 15) is 0 Å². The summed E-state index contributed by atoms with van der Waals surface area (Å²) in [4.78, 5) is 2.47. The van der Waals surface area contributed by atoms with Crippen molar-refractivity contribution in [3.63, 3.8) is 0 Å². The molecule has 1 heterocycles. The summed E-state index contributed by atoms with van der Waals surface area (Å²) in [6, 6.07) is 3.14. The third-order valence-corrected chi connectivity index (χ3v) is 3.96. The van der Waals surface area contributed by atoms with Crippen LogP contribution >= 0.6 is 0 Å². The van der Waals surface area contributed by atoms with Crippen molar-refractivity contribution in [1.82, 2.24) is 10.2 Å². The number of likely N-dealkylation sites (N-methyl/N-ethyl adjacent to an activating group) is 1. The lowest BCUT2D eigenvalue weighted by molar-refractivity contribution is 0.255. The molecule has 1 aliphatic rings. The summed E-state index contributed by atoms with van der Waals surface area (Å²) in [6.45, 7) is 10.1. The van der Waals surface area contributed by atoms with Gasteiger partial charge in [0.25, 0.3) is 0 Å². The summed E-state index contributed by atoms with van der Waals surface area (Å²) >= 11 is 0. The van der Waals surface area contributed by atoms with E-state index in [1.165, 1.54) is 24.2 Å². The highest BCUT2D eigenvalue weighted by Gasteiger charge is 2.23. The lowest BCUT2D eigenvalue weighted by Crippen LogP contribution is -2.41. The molecular formula is C15H26N2O. The maximum absolute atomic E-state index is 5.54. The van der Waals surface area contributed by atoms with E-state index in [0.717, 1.165) is 26.1 Å². The minimum absolute atomic E-state index is 0.484. The van der Waals surface area contributed by atoms with Crippen LogP contribution in [0.3, 0.4) is 0 Å². The van der Waals surface area contributed by atoms with E-state index in [1.54, 1.807) is 0 Å². The summed E-state index contributed by atoms with van der Waals surface area (Å²) in [5, 5.41) is 3.76. The fourth-order valence-corrected chi connectivity index (χ4v) is 2.92. The van der Waals surface area contributed by atoms with Crippen LogP contribution in [0, 0.1) is 0 Å². The molecule has 3 nitrogen and oxygen atoms in total. The Morgan fingerprint density at radius 1 is 1.44 bits per heavy atom. The Kier molecular flexibility index (Phi) is 4.84. The summed E-state index contributed by atoms with van der Waals surface area (Å²) in [6.07, 6.45) is 5.40. The zero-order chi connectivity index (χ0) is 13.0. The molecule has 2 unspecified atom stereocenters. The average Bonchev–Trinajstić information content (AvgIpc) is 2.85. The maximum Gasteiger partial charge on any atom is 0.108 e. The number of fused-ring (bicyclic) bond motifs is 1. The van der Waals surface area contributed by atoms with Gasteiger partial charge in [-0.25, -0.2) is 0 Å². The van der Waals surface area contributed by atoms with Crippen molar-refractivity contribution in [3.8, 4) is 0 Å². The molecule has 1 aliphatic carbocycles. The Morgan fingerprint density at radius 2 is 2.22 bits per heavy atom. The van der Waals surface area contributed by atoms with Crippen LogP contribution in [0.25, 0.3) is 0 Å². The molecular weight excluding hydrogens is 224 g/mol. The molecule has 2 rings (SSSR count). The van der Waals surface area contributed by atoms with Gasteiger partial charge in [0.05, 0.1) is 6.26 Å². The SMILES string of the molecule is CCN(CC)CC(C)NC1CCCc2occc21. The van der Waals surface area contributed by atoms with Gasteiger partial charge < -0.3 is 14.6 Å². The molecule has 0 fully saturated rings. The second kappa shape index (κ2) is 6.39. The Balaban J connectivity index is 1.91. The van der Waals surface area contributed by atoms with Crippen LogP contribution in [-0.4, -0.2) is 30.6 Å². The quantitative estimate of drug-likeness (QED) is 0.841. The van der Waals surface area contributed by atoms with E-state index in [2.05, 4.69) is 37.1 Å². The minimum atomic E-state index is 0.484. The first kappa shape index (κ1) is 13.6. The van der Waals surface area contributed by atoms with Crippen LogP contribution in [0.1, 0.15) is 51.0 Å². The Morgan fingerprint density at radius 3 is 2.94 bits per heavy atom. The van der Waals surface area contributed by atoms with Crippen molar-refractivity contribution < 1.29 is 4.42 Å². The predicted molar refractivity (Wildman–Crippen MR) is 74.8 cm³/mol. The molecule has 18 heavy (non-hydrogen) atoms. The summed E-state index contributed by atoms with van der Waals surface area (Å²) in [5.41, 5.74) is 1.38. The van der Waals surface area contributed by atoms with Gasteiger partial charge in [-0.3, -0.25) is 0 Å². The van der Waals surface area contributed by atoms with Crippen molar-refractivity contribution in [1.29, 1.82) is 0 Å². The van der Waals surface area contributed by atoms with E-state index in [4.69, 9.17) is 4.42 Å². The second-order valence-corrected chi connectivity index (χ2v) is 5.30. The van der Waals surface area contributed by atoms with Crippen LogP contribution in [0.2, 0.25) is 0 Å². The first-order valence-electron chi connectivity index (χ1n) is 7.29. The first-order valence-corrected chi connectivity index (χ1v) is 7.29. The van der Waals surface area contributed by atoms with Crippen LogP contribution in [-0.2, 0) is 6.42 Å². The lowest BCUT2D eigenvalue weighted by Gasteiger charge is -2.29. The molecule has 0 aliphatic heterocycles. The normalized spacial score (nSPS) is 21.0. The molecule has 102 valence electrons. The highest BCUT2D eigenvalue weighted by molar-refractivity contribution is 5.24. The molecule has 1 N–H and O–H groups in total. The number of rotatable bonds is 6. The van der Waals surface area contributed by atoms with Crippen molar-refractivity contribution in [2.45, 2.75) is 52.1 Å². The van der Waals surface area contributed by atoms with Gasteiger partial charge in [0.15, 0.2) is 0 Å². The maximum atomic E-state index is 5.54. The van der Waals surface area contributed by atoms with Gasteiger partial charge in [0, 0.05) is 30.6 Å². The lowest BCUT2D eigenvalue weighted by atomic mass is 9.93. The van der Waals surface area contributed by atoms with Crippen LogP contribution < -0.4 is 5.32 Å². The van der Waals surface area contributed by atoms with E-state index >= 15 is 0 Å². The molecule has 0 saturated heterocycles. The number of furan rings is 1. The largest absolute Gasteiger partial charge is 0.469 e. The zero-order valence-corrected chi connectivity index (χ0v) is 11.9. The van der Waals surface area contributed by atoms with Gasteiger partial charge in [-0.1, -0.05) is 13.8 Å². The van der Waals surface area contributed by atoms with Crippen LogP contribution in [0.4, 0.5) is 0 Å². The van der Waals surface area contributed by atoms with E-state index in [-0.39, 0.29) is 0 Å². The molecule has 1 aromatic rings. The topological polar surface area (TPSA) is 28.4 Å². The van der Waals surface area contributed by atoms with Crippen molar-refractivity contribution in [2.24, 2.45) is 0 Å². The van der Waals surface area contributed by atoms with Gasteiger partial charge in [-0.05, 0) is 38.9 Å². The summed E-state index contributed by atoms with van der Waals surface area (Å²) in [5.74, 6) is 1.19. The smallest absolute Gasteiger partial charge is 0.108 e. The van der Waals surface area contributed by atoms with Gasteiger partial charge in [0.2, 0.25) is 0 Å². The number of nitrogens with one attached hydrogen (secondary N) is 1. The third-order valence-electron chi connectivity index (χ3n) is 3.96. The van der Waals surface area contributed by atoms with Crippen LogP contribution in [0.15, 0.2) is 16.7 Å². The van der Waals surface area contributed by atoms with E-state index < -0.39 is 0 Å². The van der Waals surface area contributed by atoms with E-state index in [1.807, 2.05) is 6.26 Å². The number of nitrogens with zero attached hydrogens (tertiary/aromatic N) is 1. The van der Waals surface area contributed by atoms with Gasteiger partial charge >= 0.3 is 0 Å². The molecule has 0 radical (unpaired) electrons. The zero-order valence-electron chi connectivity index (χ0n) is 11.9. The predicted octanol–water partition coefficient (Wildman–Crippen LogP) is 2.98. The Labute approximate surface area is 111 Å². The molecule has 0 aromatic carbocycles. The molecule has 0 saturated carbocycles. The summed E-state index contributed by atoms with van der Waals surface area (Å²) < 4.78 is 5.54. The molecule has 0 bridgehead atoms. The van der Waals surface area contributed by atoms with Crippen molar-refractivity contribution >= 4 is 0 Å².